The standard InChI is InChI=1S/C12H21NO4/c1-11(2,3)17-10(16)13-8-6-7(9(14)15)12(8,4)5/h7-8H,6H2,1-5H3,(H,13,16)(H,14,15)/t7-,8?/m0/s1. The fraction of sp³-hybridized carbons (Fsp3) is 0.833. The Morgan fingerprint density at radius 2 is 1.88 bits per heavy atom. The summed E-state index contributed by atoms with van der Waals surface area (Å²) >= 11 is 0. The summed E-state index contributed by atoms with van der Waals surface area (Å²) in [5, 5.41) is 11.7. The normalized spacial score (nSPS) is 26.9. The van der Waals surface area contributed by atoms with E-state index in [1.54, 1.807) is 20.8 Å². The van der Waals surface area contributed by atoms with Crippen molar-refractivity contribution in [3.63, 3.8) is 0 Å². The van der Waals surface area contributed by atoms with Crippen molar-refractivity contribution in [2.24, 2.45) is 11.3 Å². The third-order valence-electron chi connectivity index (χ3n) is 3.26. The molecule has 98 valence electrons. The van der Waals surface area contributed by atoms with E-state index in [4.69, 9.17) is 9.84 Å². The van der Waals surface area contributed by atoms with Crippen LogP contribution in [0.5, 0.6) is 0 Å². The molecule has 1 fully saturated rings. The number of carbonyl (C=O) groups is 2. The lowest BCUT2D eigenvalue weighted by atomic mass is 9.58. The molecule has 0 bridgehead atoms. The quantitative estimate of drug-likeness (QED) is 0.778. The van der Waals surface area contributed by atoms with E-state index in [1.165, 1.54) is 0 Å². The molecule has 0 aromatic carbocycles. The van der Waals surface area contributed by atoms with Crippen LogP contribution in [-0.4, -0.2) is 28.8 Å². The Hall–Kier alpha value is -1.26. The summed E-state index contributed by atoms with van der Waals surface area (Å²) in [6.07, 6.45) is -0.0268. The van der Waals surface area contributed by atoms with Crippen molar-refractivity contribution in [2.45, 2.75) is 52.7 Å². The molecule has 0 aliphatic heterocycles. The fourth-order valence-electron chi connectivity index (χ4n) is 2.04. The Kier molecular flexibility index (Phi) is 3.41. The van der Waals surface area contributed by atoms with Crippen LogP contribution in [0.3, 0.4) is 0 Å². The number of rotatable bonds is 2. The molecular weight excluding hydrogens is 222 g/mol. The number of amides is 1. The maximum absolute atomic E-state index is 11.5. The van der Waals surface area contributed by atoms with Crippen LogP contribution in [0, 0.1) is 11.3 Å². The first-order chi connectivity index (χ1) is 7.54. The van der Waals surface area contributed by atoms with Crippen LogP contribution in [0.25, 0.3) is 0 Å². The Bertz CT molecular complexity index is 330. The zero-order valence-corrected chi connectivity index (χ0v) is 11.0. The van der Waals surface area contributed by atoms with Gasteiger partial charge in [-0.15, -0.1) is 0 Å². The Balaban J connectivity index is 2.51. The van der Waals surface area contributed by atoms with Crippen LogP contribution in [0.4, 0.5) is 4.79 Å². The Morgan fingerprint density at radius 1 is 1.35 bits per heavy atom. The number of aliphatic carboxylic acids is 1. The van der Waals surface area contributed by atoms with Gasteiger partial charge in [0.25, 0.3) is 0 Å². The number of carboxylic acid groups (broad SMARTS) is 1. The van der Waals surface area contributed by atoms with Crippen molar-refractivity contribution in [1.82, 2.24) is 5.32 Å². The van der Waals surface area contributed by atoms with Gasteiger partial charge in [-0.3, -0.25) is 4.79 Å². The summed E-state index contributed by atoms with van der Waals surface area (Å²) in [5.41, 5.74) is -0.965. The van der Waals surface area contributed by atoms with Crippen molar-refractivity contribution in [1.29, 1.82) is 0 Å². The summed E-state index contributed by atoms with van der Waals surface area (Å²) in [6.45, 7) is 9.06. The molecule has 5 heteroatoms. The number of alkyl carbamates (subject to hydrolysis) is 1. The number of nitrogens with one attached hydrogen (secondary N) is 1. The molecule has 0 aromatic rings. The molecule has 5 nitrogen and oxygen atoms in total. The molecule has 17 heavy (non-hydrogen) atoms. The van der Waals surface area contributed by atoms with Crippen LogP contribution in [0.1, 0.15) is 41.0 Å². The van der Waals surface area contributed by atoms with Crippen molar-refractivity contribution in [2.75, 3.05) is 0 Å². The first-order valence-electron chi connectivity index (χ1n) is 5.76. The summed E-state index contributed by atoms with van der Waals surface area (Å²) in [7, 11) is 0. The molecule has 0 spiro atoms. The second-order valence-electron chi connectivity index (χ2n) is 6.15. The number of carboxylic acids is 1. The number of hydrogen-bond acceptors (Lipinski definition) is 3. The van der Waals surface area contributed by atoms with E-state index in [0.29, 0.717) is 6.42 Å². The average Bonchev–Trinajstić information content (AvgIpc) is 2.07. The van der Waals surface area contributed by atoms with E-state index in [0.717, 1.165) is 0 Å². The van der Waals surface area contributed by atoms with Crippen molar-refractivity contribution >= 4 is 12.1 Å². The SMILES string of the molecule is CC(C)(C)OC(=O)NC1C[C@@H](C(=O)O)C1(C)C. The zero-order valence-electron chi connectivity index (χ0n) is 11.0. The van der Waals surface area contributed by atoms with Gasteiger partial charge in [0.05, 0.1) is 5.92 Å². The molecule has 0 saturated heterocycles. The maximum atomic E-state index is 11.5. The third-order valence-corrected chi connectivity index (χ3v) is 3.26. The number of ether oxygens (including phenoxy) is 1. The first kappa shape index (κ1) is 13.8. The van der Waals surface area contributed by atoms with E-state index >= 15 is 0 Å². The molecule has 1 aliphatic rings. The highest BCUT2D eigenvalue weighted by Gasteiger charge is 2.52. The second kappa shape index (κ2) is 4.20. The van der Waals surface area contributed by atoms with Crippen molar-refractivity contribution < 1.29 is 19.4 Å². The molecule has 2 atom stereocenters. The second-order valence-corrected chi connectivity index (χ2v) is 6.15. The van der Waals surface area contributed by atoms with E-state index in [-0.39, 0.29) is 6.04 Å². The molecule has 0 radical (unpaired) electrons. The predicted molar refractivity (Wildman–Crippen MR) is 62.7 cm³/mol. The minimum Gasteiger partial charge on any atom is -0.481 e. The Labute approximate surface area is 102 Å². The van der Waals surface area contributed by atoms with E-state index in [1.807, 2.05) is 13.8 Å². The molecule has 1 amide bonds. The van der Waals surface area contributed by atoms with E-state index in [2.05, 4.69) is 5.32 Å². The van der Waals surface area contributed by atoms with Gasteiger partial charge in [-0.05, 0) is 32.6 Å². The molecule has 1 aliphatic carbocycles. The minimum absolute atomic E-state index is 0.140. The van der Waals surface area contributed by atoms with Crippen LogP contribution < -0.4 is 5.32 Å². The molecule has 0 aromatic heterocycles. The lowest BCUT2D eigenvalue weighted by molar-refractivity contribution is -0.155. The molecule has 1 rings (SSSR count). The lowest BCUT2D eigenvalue weighted by Crippen LogP contribution is -2.60. The van der Waals surface area contributed by atoms with Gasteiger partial charge >= 0.3 is 12.1 Å². The maximum Gasteiger partial charge on any atom is 0.407 e. The minimum atomic E-state index is -0.808. The molecule has 1 saturated carbocycles. The summed E-state index contributed by atoms with van der Waals surface area (Å²) in [5.74, 6) is -1.21. The van der Waals surface area contributed by atoms with E-state index in [9.17, 15) is 9.59 Å². The van der Waals surface area contributed by atoms with Gasteiger partial charge in [0.1, 0.15) is 5.60 Å². The topological polar surface area (TPSA) is 75.6 Å². The number of carbonyl (C=O) groups excluding carboxylic acids is 1. The summed E-state index contributed by atoms with van der Waals surface area (Å²) in [6, 6.07) is -0.140. The highest BCUT2D eigenvalue weighted by atomic mass is 16.6. The Morgan fingerprint density at radius 3 is 2.24 bits per heavy atom. The largest absolute Gasteiger partial charge is 0.481 e. The van der Waals surface area contributed by atoms with Gasteiger partial charge in [0.15, 0.2) is 0 Å². The van der Waals surface area contributed by atoms with E-state index < -0.39 is 29.0 Å². The molecule has 2 N–H and O–H groups in total. The van der Waals surface area contributed by atoms with Gasteiger partial charge in [-0.25, -0.2) is 4.79 Å². The van der Waals surface area contributed by atoms with Crippen LogP contribution in [0.15, 0.2) is 0 Å². The lowest BCUT2D eigenvalue weighted by Gasteiger charge is -2.49. The van der Waals surface area contributed by atoms with Crippen LogP contribution in [-0.2, 0) is 9.53 Å². The van der Waals surface area contributed by atoms with Gasteiger partial charge in [0, 0.05) is 6.04 Å². The fourth-order valence-corrected chi connectivity index (χ4v) is 2.04. The van der Waals surface area contributed by atoms with Crippen LogP contribution in [0.2, 0.25) is 0 Å². The zero-order chi connectivity index (χ0) is 13.4. The number of hydrogen-bond donors (Lipinski definition) is 2. The highest BCUT2D eigenvalue weighted by molar-refractivity contribution is 5.74. The van der Waals surface area contributed by atoms with Crippen LogP contribution >= 0.6 is 0 Å². The predicted octanol–water partition coefficient (Wildman–Crippen LogP) is 2.01. The van der Waals surface area contributed by atoms with Crippen molar-refractivity contribution in [3.05, 3.63) is 0 Å². The van der Waals surface area contributed by atoms with Gasteiger partial charge < -0.3 is 15.2 Å². The van der Waals surface area contributed by atoms with Gasteiger partial charge in [-0.1, -0.05) is 13.8 Å². The average molecular weight is 243 g/mol. The first-order valence-corrected chi connectivity index (χ1v) is 5.76. The molecule has 0 heterocycles. The van der Waals surface area contributed by atoms with Gasteiger partial charge in [0.2, 0.25) is 0 Å². The van der Waals surface area contributed by atoms with Gasteiger partial charge in [-0.2, -0.15) is 0 Å². The van der Waals surface area contributed by atoms with Crippen molar-refractivity contribution in [3.8, 4) is 0 Å². The third kappa shape index (κ3) is 3.11. The monoisotopic (exact) mass is 243 g/mol. The smallest absolute Gasteiger partial charge is 0.407 e. The summed E-state index contributed by atoms with van der Waals surface area (Å²) in [4.78, 5) is 22.5. The summed E-state index contributed by atoms with van der Waals surface area (Å²) < 4.78 is 5.14. The molecular formula is C12H21NO4. The highest BCUT2D eigenvalue weighted by Crippen LogP contribution is 2.46. The molecule has 1 unspecified atom stereocenters.